The summed E-state index contributed by atoms with van der Waals surface area (Å²) in [6, 6.07) is 0. The summed E-state index contributed by atoms with van der Waals surface area (Å²) in [7, 11) is 0. The van der Waals surface area contributed by atoms with Gasteiger partial charge in [0.25, 0.3) is 0 Å². The monoisotopic (exact) mass is 174 g/mol. The fourth-order valence-corrected chi connectivity index (χ4v) is 2.15. The van der Waals surface area contributed by atoms with Crippen LogP contribution in [0, 0.1) is 17.3 Å². The highest BCUT2D eigenvalue weighted by molar-refractivity contribution is 6.18. The van der Waals surface area contributed by atoms with Crippen LogP contribution in [0.25, 0.3) is 0 Å². The molecule has 0 radical (unpaired) electrons. The van der Waals surface area contributed by atoms with Crippen LogP contribution in [0.1, 0.15) is 40.0 Å². The predicted molar refractivity (Wildman–Crippen MR) is 51.0 cm³/mol. The number of alkyl halides is 1. The van der Waals surface area contributed by atoms with Crippen molar-refractivity contribution in [2.75, 3.05) is 5.88 Å². The van der Waals surface area contributed by atoms with Crippen molar-refractivity contribution in [2.45, 2.75) is 40.0 Å². The SMILES string of the molecule is CC(C)CCC1(C)CC1CCl. The molecule has 0 aromatic heterocycles. The van der Waals surface area contributed by atoms with Crippen LogP contribution in [0.15, 0.2) is 0 Å². The second kappa shape index (κ2) is 3.35. The maximum atomic E-state index is 5.80. The highest BCUT2D eigenvalue weighted by atomic mass is 35.5. The summed E-state index contributed by atoms with van der Waals surface area (Å²) in [6.45, 7) is 6.96. The van der Waals surface area contributed by atoms with E-state index < -0.39 is 0 Å². The Balaban J connectivity index is 2.18. The first-order valence-electron chi connectivity index (χ1n) is 4.64. The van der Waals surface area contributed by atoms with Crippen LogP contribution < -0.4 is 0 Å². The molecular weight excluding hydrogens is 156 g/mol. The van der Waals surface area contributed by atoms with Crippen molar-refractivity contribution < 1.29 is 0 Å². The van der Waals surface area contributed by atoms with E-state index >= 15 is 0 Å². The zero-order valence-corrected chi connectivity index (χ0v) is 8.62. The standard InChI is InChI=1S/C10H19Cl/c1-8(2)4-5-10(3)6-9(10)7-11/h8-9H,4-7H2,1-3H3. The van der Waals surface area contributed by atoms with Crippen molar-refractivity contribution in [3.63, 3.8) is 0 Å². The van der Waals surface area contributed by atoms with Crippen molar-refractivity contribution in [1.82, 2.24) is 0 Å². The number of hydrogen-bond acceptors (Lipinski definition) is 0. The minimum atomic E-state index is 0.617. The van der Waals surface area contributed by atoms with Gasteiger partial charge in [0.15, 0.2) is 0 Å². The quantitative estimate of drug-likeness (QED) is 0.571. The molecule has 0 saturated heterocycles. The van der Waals surface area contributed by atoms with E-state index in [1.165, 1.54) is 19.3 Å². The fraction of sp³-hybridized carbons (Fsp3) is 1.00. The van der Waals surface area contributed by atoms with Crippen LogP contribution in [0.5, 0.6) is 0 Å². The molecule has 0 N–H and O–H groups in total. The van der Waals surface area contributed by atoms with Gasteiger partial charge < -0.3 is 0 Å². The summed E-state index contributed by atoms with van der Waals surface area (Å²) in [6.07, 6.45) is 4.11. The third kappa shape index (κ3) is 2.37. The van der Waals surface area contributed by atoms with Crippen molar-refractivity contribution in [1.29, 1.82) is 0 Å². The maximum absolute atomic E-state index is 5.80. The molecule has 2 atom stereocenters. The Hall–Kier alpha value is 0.290. The van der Waals surface area contributed by atoms with Crippen LogP contribution >= 0.6 is 11.6 Å². The molecule has 0 aromatic carbocycles. The van der Waals surface area contributed by atoms with E-state index in [9.17, 15) is 0 Å². The Bertz CT molecular complexity index is 131. The molecule has 2 unspecified atom stereocenters. The van der Waals surface area contributed by atoms with Gasteiger partial charge in [-0.1, -0.05) is 27.2 Å². The molecule has 0 nitrogen and oxygen atoms in total. The highest BCUT2D eigenvalue weighted by Crippen LogP contribution is 2.56. The van der Waals surface area contributed by atoms with Gasteiger partial charge >= 0.3 is 0 Å². The lowest BCUT2D eigenvalue weighted by molar-refractivity contribution is 0.411. The predicted octanol–water partition coefficient (Wildman–Crippen LogP) is 3.69. The van der Waals surface area contributed by atoms with Gasteiger partial charge in [0, 0.05) is 5.88 Å². The van der Waals surface area contributed by atoms with E-state index in [0.29, 0.717) is 5.41 Å². The first-order valence-corrected chi connectivity index (χ1v) is 5.18. The Labute approximate surface area is 75.3 Å². The first kappa shape index (κ1) is 9.38. The van der Waals surface area contributed by atoms with Crippen LogP contribution in [0.4, 0.5) is 0 Å². The van der Waals surface area contributed by atoms with E-state index in [1.54, 1.807) is 0 Å². The van der Waals surface area contributed by atoms with E-state index in [-0.39, 0.29) is 0 Å². The largest absolute Gasteiger partial charge is 0.126 e. The Morgan fingerprint density at radius 1 is 1.55 bits per heavy atom. The van der Waals surface area contributed by atoms with Gasteiger partial charge in [-0.15, -0.1) is 11.6 Å². The third-order valence-electron chi connectivity index (χ3n) is 3.02. The second-order valence-electron chi connectivity index (χ2n) is 4.64. The molecule has 66 valence electrons. The van der Waals surface area contributed by atoms with E-state index in [4.69, 9.17) is 11.6 Å². The topological polar surface area (TPSA) is 0 Å². The lowest BCUT2D eigenvalue weighted by Gasteiger charge is -2.11. The summed E-state index contributed by atoms with van der Waals surface area (Å²) in [4.78, 5) is 0. The second-order valence-corrected chi connectivity index (χ2v) is 4.95. The molecule has 0 spiro atoms. The Morgan fingerprint density at radius 2 is 2.18 bits per heavy atom. The van der Waals surface area contributed by atoms with Crippen LogP contribution in [0.3, 0.4) is 0 Å². The van der Waals surface area contributed by atoms with Crippen LogP contribution in [0.2, 0.25) is 0 Å². The van der Waals surface area contributed by atoms with Gasteiger partial charge in [0.1, 0.15) is 0 Å². The summed E-state index contributed by atoms with van der Waals surface area (Å²) >= 11 is 5.80. The molecule has 1 rings (SSSR count). The molecule has 1 aliphatic rings. The lowest BCUT2D eigenvalue weighted by Crippen LogP contribution is -2.01. The molecule has 1 heteroatoms. The molecule has 0 aliphatic heterocycles. The maximum Gasteiger partial charge on any atom is 0.0257 e. The fourth-order valence-electron chi connectivity index (χ4n) is 1.67. The molecule has 1 aliphatic carbocycles. The van der Waals surface area contributed by atoms with E-state index in [2.05, 4.69) is 20.8 Å². The number of halogens is 1. The smallest absolute Gasteiger partial charge is 0.0257 e. The third-order valence-corrected chi connectivity index (χ3v) is 3.39. The minimum absolute atomic E-state index is 0.617. The molecule has 0 bridgehead atoms. The summed E-state index contributed by atoms with van der Waals surface area (Å²) in [5, 5.41) is 0. The zero-order chi connectivity index (χ0) is 8.48. The van der Waals surface area contributed by atoms with Gasteiger partial charge in [-0.25, -0.2) is 0 Å². The Morgan fingerprint density at radius 3 is 2.55 bits per heavy atom. The number of rotatable bonds is 4. The van der Waals surface area contributed by atoms with Gasteiger partial charge in [-0.05, 0) is 30.1 Å². The van der Waals surface area contributed by atoms with Crippen molar-refractivity contribution in [3.05, 3.63) is 0 Å². The van der Waals surface area contributed by atoms with Gasteiger partial charge in [0.2, 0.25) is 0 Å². The Kier molecular flexibility index (Phi) is 2.85. The van der Waals surface area contributed by atoms with Gasteiger partial charge in [-0.2, -0.15) is 0 Å². The average Bonchev–Trinajstić information content (AvgIpc) is 2.59. The van der Waals surface area contributed by atoms with Crippen LogP contribution in [-0.2, 0) is 0 Å². The first-order chi connectivity index (χ1) is 5.08. The molecule has 1 saturated carbocycles. The van der Waals surface area contributed by atoms with Crippen LogP contribution in [-0.4, -0.2) is 5.88 Å². The highest BCUT2D eigenvalue weighted by Gasteiger charge is 2.48. The molecular formula is C10H19Cl. The summed E-state index contributed by atoms with van der Waals surface area (Å²) in [5.74, 6) is 2.54. The zero-order valence-electron chi connectivity index (χ0n) is 7.86. The molecule has 0 heterocycles. The normalized spacial score (nSPS) is 36.3. The molecule has 0 aromatic rings. The molecule has 1 fully saturated rings. The minimum Gasteiger partial charge on any atom is -0.126 e. The van der Waals surface area contributed by atoms with Gasteiger partial charge in [-0.3, -0.25) is 0 Å². The average molecular weight is 175 g/mol. The lowest BCUT2D eigenvalue weighted by atomic mass is 9.95. The van der Waals surface area contributed by atoms with E-state index in [0.717, 1.165) is 17.7 Å². The number of hydrogen-bond donors (Lipinski definition) is 0. The summed E-state index contributed by atoms with van der Waals surface area (Å²) in [5.41, 5.74) is 0.617. The molecule has 0 amide bonds. The van der Waals surface area contributed by atoms with Crippen molar-refractivity contribution in [2.24, 2.45) is 17.3 Å². The summed E-state index contributed by atoms with van der Waals surface area (Å²) < 4.78 is 0. The van der Waals surface area contributed by atoms with Gasteiger partial charge in [0.05, 0.1) is 0 Å². The van der Waals surface area contributed by atoms with Crippen molar-refractivity contribution >= 4 is 11.6 Å². The van der Waals surface area contributed by atoms with E-state index in [1.807, 2.05) is 0 Å². The van der Waals surface area contributed by atoms with Crippen molar-refractivity contribution in [3.8, 4) is 0 Å². The molecule has 11 heavy (non-hydrogen) atoms.